The number of halogens is 2. The fourth-order valence-corrected chi connectivity index (χ4v) is 3.18. The average molecular weight is 284 g/mol. The molecule has 1 aromatic carbocycles. The molecule has 2 nitrogen and oxygen atoms in total. The lowest BCUT2D eigenvalue weighted by molar-refractivity contribution is -0.119. The van der Waals surface area contributed by atoms with Crippen molar-refractivity contribution in [2.75, 3.05) is 0 Å². The van der Waals surface area contributed by atoms with Crippen LogP contribution in [0.3, 0.4) is 0 Å². The second-order valence-corrected chi connectivity index (χ2v) is 6.21. The maximum Gasteiger partial charge on any atom is 0.220 e. The lowest BCUT2D eigenvalue weighted by atomic mass is 9.82. The topological polar surface area (TPSA) is 29.1 Å². The van der Waals surface area contributed by atoms with Gasteiger partial charge in [-0.1, -0.05) is 31.5 Å². The Labute approximate surface area is 118 Å². The number of rotatable bonds is 4. The van der Waals surface area contributed by atoms with Crippen LogP contribution in [0.2, 0.25) is 5.02 Å². The average Bonchev–Trinajstić information content (AvgIpc) is 2.65. The number of hydrogen-bond acceptors (Lipinski definition) is 1. The molecule has 0 radical (unpaired) electrons. The predicted octanol–water partition coefficient (Wildman–Crippen LogP) is 3.72. The zero-order valence-electron chi connectivity index (χ0n) is 11.3. The van der Waals surface area contributed by atoms with Gasteiger partial charge in [0.15, 0.2) is 0 Å². The number of benzene rings is 1. The molecule has 0 bridgehead atoms. The largest absolute Gasteiger partial charge is 0.350 e. The molecule has 1 aliphatic heterocycles. The van der Waals surface area contributed by atoms with Gasteiger partial charge in [0.2, 0.25) is 5.91 Å². The van der Waals surface area contributed by atoms with Crippen LogP contribution in [-0.4, -0.2) is 11.4 Å². The van der Waals surface area contributed by atoms with E-state index < -0.39 is 0 Å². The van der Waals surface area contributed by atoms with Crippen LogP contribution in [0.4, 0.5) is 4.39 Å². The van der Waals surface area contributed by atoms with E-state index in [1.165, 1.54) is 6.07 Å². The molecule has 1 N–H and O–H groups in total. The van der Waals surface area contributed by atoms with Gasteiger partial charge < -0.3 is 5.32 Å². The highest BCUT2D eigenvalue weighted by molar-refractivity contribution is 6.31. The van der Waals surface area contributed by atoms with E-state index >= 15 is 0 Å². The Bertz CT molecular complexity index is 469. The first-order chi connectivity index (χ1) is 8.92. The summed E-state index contributed by atoms with van der Waals surface area (Å²) in [6.45, 7) is 4.21. The standard InChI is InChI=1S/C15H19ClFNO/c1-10(2)8-15(7-6-14(19)18-15)9-11-12(16)4-3-5-13(11)17/h3-5,10H,6-9H2,1-2H3,(H,18,19). The molecule has 4 heteroatoms. The van der Waals surface area contributed by atoms with E-state index in [4.69, 9.17) is 11.6 Å². The van der Waals surface area contributed by atoms with Crippen LogP contribution in [0, 0.1) is 11.7 Å². The first-order valence-corrected chi connectivity index (χ1v) is 7.03. The Morgan fingerprint density at radius 2 is 2.21 bits per heavy atom. The van der Waals surface area contributed by atoms with Crippen molar-refractivity contribution in [3.05, 3.63) is 34.6 Å². The van der Waals surface area contributed by atoms with Crippen LogP contribution < -0.4 is 5.32 Å². The van der Waals surface area contributed by atoms with Crippen molar-refractivity contribution >= 4 is 17.5 Å². The van der Waals surface area contributed by atoms with Gasteiger partial charge in [0.05, 0.1) is 0 Å². The number of amides is 1. The van der Waals surface area contributed by atoms with Crippen LogP contribution in [0.1, 0.15) is 38.7 Å². The molecule has 1 heterocycles. The second-order valence-electron chi connectivity index (χ2n) is 5.80. The molecular weight excluding hydrogens is 265 g/mol. The summed E-state index contributed by atoms with van der Waals surface area (Å²) in [7, 11) is 0. The molecule has 1 amide bonds. The maximum absolute atomic E-state index is 13.9. The van der Waals surface area contributed by atoms with Crippen molar-refractivity contribution < 1.29 is 9.18 Å². The molecule has 0 spiro atoms. The molecule has 0 aromatic heterocycles. The third kappa shape index (κ3) is 3.27. The fraction of sp³-hybridized carbons (Fsp3) is 0.533. The Morgan fingerprint density at radius 3 is 2.74 bits per heavy atom. The maximum atomic E-state index is 13.9. The van der Waals surface area contributed by atoms with Gasteiger partial charge in [-0.15, -0.1) is 0 Å². The molecular formula is C15H19ClFNO. The molecule has 0 aliphatic carbocycles. The van der Waals surface area contributed by atoms with E-state index in [1.54, 1.807) is 12.1 Å². The summed E-state index contributed by atoms with van der Waals surface area (Å²) in [5.41, 5.74) is 0.156. The van der Waals surface area contributed by atoms with Gasteiger partial charge in [0.1, 0.15) is 5.82 Å². The summed E-state index contributed by atoms with van der Waals surface area (Å²) in [6.07, 6.45) is 2.55. The van der Waals surface area contributed by atoms with Gasteiger partial charge in [-0.25, -0.2) is 4.39 Å². The Morgan fingerprint density at radius 1 is 1.47 bits per heavy atom. The summed E-state index contributed by atoms with van der Waals surface area (Å²) in [5, 5.41) is 3.47. The third-order valence-electron chi connectivity index (χ3n) is 3.61. The molecule has 1 unspecified atom stereocenters. The summed E-state index contributed by atoms with van der Waals surface area (Å²) < 4.78 is 13.9. The molecule has 19 heavy (non-hydrogen) atoms. The molecule has 1 aromatic rings. The van der Waals surface area contributed by atoms with Gasteiger partial charge in [0, 0.05) is 22.5 Å². The van der Waals surface area contributed by atoms with E-state index in [2.05, 4.69) is 19.2 Å². The van der Waals surface area contributed by atoms with Gasteiger partial charge in [-0.05, 0) is 37.3 Å². The first-order valence-electron chi connectivity index (χ1n) is 6.66. The van der Waals surface area contributed by atoms with E-state index in [0.29, 0.717) is 29.3 Å². The van der Waals surface area contributed by atoms with Crippen molar-refractivity contribution in [1.82, 2.24) is 5.32 Å². The predicted molar refractivity (Wildman–Crippen MR) is 74.7 cm³/mol. The smallest absolute Gasteiger partial charge is 0.220 e. The van der Waals surface area contributed by atoms with Crippen LogP contribution in [0.25, 0.3) is 0 Å². The number of carbonyl (C=O) groups is 1. The number of nitrogens with one attached hydrogen (secondary N) is 1. The van der Waals surface area contributed by atoms with Crippen molar-refractivity contribution in [3.8, 4) is 0 Å². The zero-order valence-corrected chi connectivity index (χ0v) is 12.1. The summed E-state index contributed by atoms with van der Waals surface area (Å²) >= 11 is 6.09. The normalized spacial score (nSPS) is 22.9. The molecule has 1 atom stereocenters. The van der Waals surface area contributed by atoms with E-state index in [-0.39, 0.29) is 17.3 Å². The summed E-state index contributed by atoms with van der Waals surface area (Å²) in [6, 6.07) is 4.71. The fourth-order valence-electron chi connectivity index (χ4n) is 2.95. The zero-order chi connectivity index (χ0) is 14.0. The van der Waals surface area contributed by atoms with Crippen LogP contribution in [0.15, 0.2) is 18.2 Å². The van der Waals surface area contributed by atoms with E-state index in [9.17, 15) is 9.18 Å². The molecule has 0 saturated carbocycles. The Hall–Kier alpha value is -1.09. The van der Waals surface area contributed by atoms with Crippen molar-refractivity contribution in [2.45, 2.75) is 45.1 Å². The highest BCUT2D eigenvalue weighted by Gasteiger charge is 2.39. The lowest BCUT2D eigenvalue weighted by Gasteiger charge is -2.31. The Kier molecular flexibility index (Phi) is 4.14. The quantitative estimate of drug-likeness (QED) is 0.896. The molecule has 1 fully saturated rings. The minimum Gasteiger partial charge on any atom is -0.350 e. The van der Waals surface area contributed by atoms with Gasteiger partial charge >= 0.3 is 0 Å². The number of carbonyl (C=O) groups excluding carboxylic acids is 1. The van der Waals surface area contributed by atoms with Crippen LogP contribution in [-0.2, 0) is 11.2 Å². The molecule has 104 valence electrons. The minimum atomic E-state index is -0.350. The highest BCUT2D eigenvalue weighted by atomic mass is 35.5. The van der Waals surface area contributed by atoms with E-state index in [0.717, 1.165) is 12.8 Å². The highest BCUT2D eigenvalue weighted by Crippen LogP contribution is 2.34. The van der Waals surface area contributed by atoms with Crippen molar-refractivity contribution in [1.29, 1.82) is 0 Å². The van der Waals surface area contributed by atoms with Crippen molar-refractivity contribution in [3.63, 3.8) is 0 Å². The number of hydrogen-bond donors (Lipinski definition) is 1. The summed E-state index contributed by atoms with van der Waals surface area (Å²) in [5.74, 6) is 0.189. The Balaban J connectivity index is 2.28. The van der Waals surface area contributed by atoms with Crippen LogP contribution in [0.5, 0.6) is 0 Å². The van der Waals surface area contributed by atoms with Gasteiger partial charge in [-0.3, -0.25) is 4.79 Å². The SMILES string of the molecule is CC(C)CC1(Cc2c(F)cccc2Cl)CCC(=O)N1. The summed E-state index contributed by atoms with van der Waals surface area (Å²) in [4.78, 5) is 11.6. The monoisotopic (exact) mass is 283 g/mol. The second kappa shape index (κ2) is 5.49. The molecule has 2 rings (SSSR count). The lowest BCUT2D eigenvalue weighted by Crippen LogP contribution is -2.45. The first kappa shape index (κ1) is 14.3. The third-order valence-corrected chi connectivity index (χ3v) is 3.97. The van der Waals surface area contributed by atoms with Gasteiger partial charge in [-0.2, -0.15) is 0 Å². The van der Waals surface area contributed by atoms with Crippen LogP contribution >= 0.6 is 11.6 Å². The minimum absolute atomic E-state index is 0.0492. The van der Waals surface area contributed by atoms with Gasteiger partial charge in [0.25, 0.3) is 0 Å². The molecule has 1 aliphatic rings. The van der Waals surface area contributed by atoms with Crippen molar-refractivity contribution in [2.24, 2.45) is 5.92 Å². The van der Waals surface area contributed by atoms with E-state index in [1.807, 2.05) is 0 Å². The molecule has 1 saturated heterocycles.